The van der Waals surface area contributed by atoms with Gasteiger partial charge in [-0.25, -0.2) is 18.7 Å². The molecule has 34 heavy (non-hydrogen) atoms. The molecule has 2 N–H and O–H groups in total. The van der Waals surface area contributed by atoms with Crippen molar-refractivity contribution in [2.75, 3.05) is 6.54 Å². The first-order valence-electron chi connectivity index (χ1n) is 10.9. The zero-order valence-electron chi connectivity index (χ0n) is 19.1. The van der Waals surface area contributed by atoms with Crippen molar-refractivity contribution in [2.45, 2.75) is 52.2 Å². The Hall–Kier alpha value is -3.53. The SMILES string of the molecule is Cc1ccc(C)c2oc([C@@H]3c4nc[nH]c4CCN3C(=O)c3oc(C(C)(C)O)nc3C(F)F)cc12. The highest BCUT2D eigenvalue weighted by atomic mass is 19.3. The minimum atomic E-state index is -3.06. The van der Waals surface area contributed by atoms with Crippen LogP contribution in [-0.2, 0) is 12.0 Å². The monoisotopic (exact) mass is 470 g/mol. The van der Waals surface area contributed by atoms with Gasteiger partial charge in [-0.1, -0.05) is 12.1 Å². The number of oxazole rings is 1. The fraction of sp³-hybridized carbons (Fsp3) is 0.375. The second-order valence-corrected chi connectivity index (χ2v) is 9.10. The van der Waals surface area contributed by atoms with Gasteiger partial charge in [-0.15, -0.1) is 0 Å². The van der Waals surface area contributed by atoms with Gasteiger partial charge in [0.05, 0.1) is 12.0 Å². The third-order valence-corrected chi connectivity index (χ3v) is 6.15. The minimum absolute atomic E-state index is 0.217. The maximum absolute atomic E-state index is 13.8. The van der Waals surface area contributed by atoms with E-state index in [4.69, 9.17) is 8.83 Å². The fourth-order valence-corrected chi connectivity index (χ4v) is 4.35. The van der Waals surface area contributed by atoms with E-state index in [0.717, 1.165) is 22.2 Å². The van der Waals surface area contributed by atoms with E-state index in [9.17, 15) is 18.7 Å². The van der Waals surface area contributed by atoms with Crippen molar-refractivity contribution in [1.29, 1.82) is 0 Å². The third-order valence-electron chi connectivity index (χ3n) is 6.15. The number of nitrogens with one attached hydrogen (secondary N) is 1. The molecular weight excluding hydrogens is 446 g/mol. The molecule has 0 aliphatic carbocycles. The number of hydrogen-bond donors (Lipinski definition) is 2. The Morgan fingerprint density at radius 3 is 2.68 bits per heavy atom. The van der Waals surface area contributed by atoms with Crippen molar-refractivity contribution in [3.8, 4) is 0 Å². The summed E-state index contributed by atoms with van der Waals surface area (Å²) in [4.78, 5) is 26.3. The minimum Gasteiger partial charge on any atom is -0.458 e. The first-order chi connectivity index (χ1) is 16.1. The lowest BCUT2D eigenvalue weighted by molar-refractivity contribution is 0.0437. The van der Waals surface area contributed by atoms with E-state index in [0.29, 0.717) is 23.5 Å². The molecular formula is C24H24F2N4O4. The lowest BCUT2D eigenvalue weighted by atomic mass is 9.99. The van der Waals surface area contributed by atoms with Crippen LogP contribution in [0.1, 0.15) is 76.7 Å². The number of benzene rings is 1. The molecule has 0 bridgehead atoms. The zero-order valence-corrected chi connectivity index (χ0v) is 19.1. The number of amides is 1. The predicted octanol–water partition coefficient (Wildman–Crippen LogP) is 4.71. The molecule has 4 aromatic rings. The summed E-state index contributed by atoms with van der Waals surface area (Å²) in [6.07, 6.45) is -1.07. The molecule has 1 atom stereocenters. The van der Waals surface area contributed by atoms with Crippen LogP contribution in [0, 0.1) is 13.8 Å². The van der Waals surface area contributed by atoms with Crippen molar-refractivity contribution >= 4 is 16.9 Å². The van der Waals surface area contributed by atoms with Gasteiger partial charge in [-0.2, -0.15) is 0 Å². The van der Waals surface area contributed by atoms with Crippen molar-refractivity contribution in [2.24, 2.45) is 0 Å². The fourth-order valence-electron chi connectivity index (χ4n) is 4.35. The van der Waals surface area contributed by atoms with Gasteiger partial charge in [0, 0.05) is 24.0 Å². The summed E-state index contributed by atoms with van der Waals surface area (Å²) in [5, 5.41) is 11.1. The van der Waals surface area contributed by atoms with Crippen molar-refractivity contribution < 1.29 is 27.5 Å². The van der Waals surface area contributed by atoms with Crippen LogP contribution < -0.4 is 0 Å². The number of carbonyl (C=O) groups is 1. The van der Waals surface area contributed by atoms with Crippen LogP contribution >= 0.6 is 0 Å². The number of hydrogen-bond acceptors (Lipinski definition) is 6. The number of furan rings is 1. The normalized spacial score (nSPS) is 16.5. The smallest absolute Gasteiger partial charge is 0.292 e. The number of nitrogens with zero attached hydrogens (tertiary/aromatic N) is 3. The van der Waals surface area contributed by atoms with E-state index in [1.165, 1.54) is 25.1 Å². The summed E-state index contributed by atoms with van der Waals surface area (Å²) in [6.45, 7) is 6.81. The number of alkyl halides is 2. The van der Waals surface area contributed by atoms with E-state index in [2.05, 4.69) is 15.0 Å². The first-order valence-corrected chi connectivity index (χ1v) is 10.9. The maximum atomic E-state index is 13.8. The Morgan fingerprint density at radius 1 is 1.26 bits per heavy atom. The van der Waals surface area contributed by atoms with Gasteiger partial charge in [0.25, 0.3) is 12.3 Å². The molecule has 1 aliphatic rings. The summed E-state index contributed by atoms with van der Waals surface area (Å²) in [5.74, 6) is -1.25. The molecule has 0 unspecified atom stereocenters. The van der Waals surface area contributed by atoms with Gasteiger partial charge in [0.1, 0.15) is 23.0 Å². The Labute approximate surface area is 193 Å². The quantitative estimate of drug-likeness (QED) is 0.447. The van der Waals surface area contributed by atoms with Crippen LogP contribution in [-0.4, -0.2) is 37.4 Å². The van der Waals surface area contributed by atoms with E-state index in [-0.39, 0.29) is 12.4 Å². The average Bonchev–Trinajstić information content (AvgIpc) is 3.52. The highest BCUT2D eigenvalue weighted by Crippen LogP contribution is 2.39. The number of H-pyrrole nitrogens is 1. The summed E-state index contributed by atoms with van der Waals surface area (Å²) >= 11 is 0. The van der Waals surface area contributed by atoms with Crippen LogP contribution in [0.2, 0.25) is 0 Å². The largest absolute Gasteiger partial charge is 0.458 e. The number of aromatic amines is 1. The van der Waals surface area contributed by atoms with Gasteiger partial charge < -0.3 is 23.8 Å². The first kappa shape index (κ1) is 22.3. The van der Waals surface area contributed by atoms with E-state index in [1.807, 2.05) is 32.0 Å². The van der Waals surface area contributed by atoms with Gasteiger partial charge in [0.15, 0.2) is 5.69 Å². The number of rotatable bonds is 4. The lowest BCUT2D eigenvalue weighted by Crippen LogP contribution is -2.40. The van der Waals surface area contributed by atoms with Gasteiger partial charge in [-0.05, 0) is 44.9 Å². The Balaban J connectivity index is 1.65. The van der Waals surface area contributed by atoms with Gasteiger partial charge >= 0.3 is 0 Å². The molecule has 178 valence electrons. The third kappa shape index (κ3) is 3.49. The van der Waals surface area contributed by atoms with Crippen LogP contribution in [0.3, 0.4) is 0 Å². The summed E-state index contributed by atoms with van der Waals surface area (Å²) < 4.78 is 39.2. The summed E-state index contributed by atoms with van der Waals surface area (Å²) in [6, 6.07) is 5.05. The summed E-state index contributed by atoms with van der Waals surface area (Å²) in [7, 11) is 0. The van der Waals surface area contributed by atoms with E-state index < -0.39 is 35.4 Å². The topological polar surface area (TPSA) is 108 Å². The van der Waals surface area contributed by atoms with Crippen molar-refractivity contribution in [3.63, 3.8) is 0 Å². The molecule has 0 saturated carbocycles. The molecule has 1 amide bonds. The molecule has 0 radical (unpaired) electrons. The molecule has 10 heteroatoms. The Bertz CT molecular complexity index is 1360. The molecule has 5 rings (SSSR count). The van der Waals surface area contributed by atoms with Crippen molar-refractivity contribution in [1.82, 2.24) is 19.9 Å². The number of fused-ring (bicyclic) bond motifs is 2. The molecule has 0 spiro atoms. The van der Waals surface area contributed by atoms with Gasteiger partial charge in [0.2, 0.25) is 11.7 Å². The second kappa shape index (κ2) is 7.76. The van der Waals surface area contributed by atoms with Crippen LogP contribution in [0.25, 0.3) is 11.0 Å². The Morgan fingerprint density at radius 2 is 2.00 bits per heavy atom. The molecule has 1 aromatic carbocycles. The molecule has 3 aromatic heterocycles. The molecule has 8 nitrogen and oxygen atoms in total. The maximum Gasteiger partial charge on any atom is 0.292 e. The number of carbonyl (C=O) groups excluding carboxylic acids is 1. The van der Waals surface area contributed by atoms with Crippen molar-refractivity contribution in [3.05, 3.63) is 70.1 Å². The number of aromatic nitrogens is 3. The second-order valence-electron chi connectivity index (χ2n) is 9.10. The predicted molar refractivity (Wildman–Crippen MR) is 118 cm³/mol. The molecule has 0 saturated heterocycles. The van der Waals surface area contributed by atoms with Gasteiger partial charge in [-0.3, -0.25) is 4.79 Å². The molecule has 4 heterocycles. The van der Waals surface area contributed by atoms with Crippen LogP contribution in [0.5, 0.6) is 0 Å². The average molecular weight is 470 g/mol. The van der Waals surface area contributed by atoms with Crippen LogP contribution in [0.4, 0.5) is 8.78 Å². The summed E-state index contributed by atoms with van der Waals surface area (Å²) in [5.41, 5.74) is 1.63. The standard InChI is InChI=1S/C24H24F2N4O4/c1-11-5-6-12(2)19-13(11)9-15(33-19)18-16-14(27-10-28-16)7-8-30(18)22(31)20-17(21(25)26)29-23(34-20)24(3,4)32/h5-6,9-10,18,21,32H,7-8H2,1-4H3,(H,27,28)/t18-/m1/s1. The molecule has 0 fully saturated rings. The highest BCUT2D eigenvalue weighted by Gasteiger charge is 2.41. The molecule has 1 aliphatic heterocycles. The number of aryl methyl sites for hydroxylation is 2. The number of imidazole rings is 1. The number of aliphatic hydroxyl groups is 1. The van der Waals surface area contributed by atoms with E-state index in [1.54, 1.807) is 0 Å². The highest BCUT2D eigenvalue weighted by molar-refractivity contribution is 5.93. The number of halogens is 2. The Kier molecular flexibility index (Phi) is 5.09. The van der Waals surface area contributed by atoms with E-state index >= 15 is 0 Å². The zero-order chi connectivity index (χ0) is 24.4. The van der Waals surface area contributed by atoms with Crippen LogP contribution in [0.15, 0.2) is 33.4 Å². The lowest BCUT2D eigenvalue weighted by Gasteiger charge is -2.33.